The summed E-state index contributed by atoms with van der Waals surface area (Å²) in [5.74, 6) is -0.956. The van der Waals surface area contributed by atoms with E-state index in [1.165, 1.54) is 11.4 Å². The van der Waals surface area contributed by atoms with Crippen LogP contribution in [-0.4, -0.2) is 51.0 Å². The summed E-state index contributed by atoms with van der Waals surface area (Å²) in [6, 6.07) is 10.8. The minimum Gasteiger partial charge on any atom is -0.465 e. The lowest BCUT2D eigenvalue weighted by Gasteiger charge is -2.26. The first-order valence-corrected chi connectivity index (χ1v) is 11.2. The fourth-order valence-electron chi connectivity index (χ4n) is 3.14. The van der Waals surface area contributed by atoms with E-state index < -0.39 is 28.1 Å². The van der Waals surface area contributed by atoms with Crippen molar-refractivity contribution in [2.24, 2.45) is 5.16 Å². The number of esters is 1. The van der Waals surface area contributed by atoms with Gasteiger partial charge in [-0.1, -0.05) is 17.3 Å². The van der Waals surface area contributed by atoms with Crippen LogP contribution in [0.5, 0.6) is 5.75 Å². The van der Waals surface area contributed by atoms with Gasteiger partial charge in [-0.2, -0.15) is 4.31 Å². The lowest BCUT2D eigenvalue weighted by molar-refractivity contribution is -0.274. The largest absolute Gasteiger partial charge is 0.573 e. The van der Waals surface area contributed by atoms with Crippen molar-refractivity contribution in [1.82, 2.24) is 4.31 Å². The van der Waals surface area contributed by atoms with Gasteiger partial charge in [-0.05, 0) is 42.0 Å². The molecule has 0 spiro atoms. The van der Waals surface area contributed by atoms with E-state index in [2.05, 4.69) is 14.6 Å². The smallest absolute Gasteiger partial charge is 0.465 e. The zero-order valence-electron chi connectivity index (χ0n) is 17.5. The van der Waals surface area contributed by atoms with Crippen LogP contribution in [0.2, 0.25) is 0 Å². The number of ether oxygens (including phenoxy) is 2. The monoisotopic (exact) mass is 486 g/mol. The zero-order chi connectivity index (χ0) is 24.1. The Kier molecular flexibility index (Phi) is 7.59. The third kappa shape index (κ3) is 6.68. The van der Waals surface area contributed by atoms with Crippen LogP contribution in [0.3, 0.4) is 0 Å². The third-order valence-electron chi connectivity index (χ3n) is 4.77. The average molecular weight is 486 g/mol. The molecule has 0 unspecified atom stereocenters. The van der Waals surface area contributed by atoms with Crippen LogP contribution >= 0.6 is 0 Å². The van der Waals surface area contributed by atoms with Crippen molar-refractivity contribution in [1.29, 1.82) is 0 Å². The predicted octanol–water partition coefficient (Wildman–Crippen LogP) is 3.73. The predicted molar refractivity (Wildman–Crippen MR) is 111 cm³/mol. The van der Waals surface area contributed by atoms with E-state index in [0.717, 1.165) is 29.8 Å². The number of alkyl halides is 3. The van der Waals surface area contributed by atoms with E-state index in [1.807, 2.05) is 0 Å². The number of oxime groups is 1. The average Bonchev–Trinajstić information content (AvgIpc) is 2.78. The maximum Gasteiger partial charge on any atom is 0.573 e. The van der Waals surface area contributed by atoms with Gasteiger partial charge in [-0.25, -0.2) is 13.2 Å². The number of carbonyl (C=O) groups excluding carboxylic acids is 1. The number of nitrogens with zero attached hydrogens (tertiary/aromatic N) is 2. The second-order valence-electron chi connectivity index (χ2n) is 7.05. The molecule has 0 bridgehead atoms. The Bertz CT molecular complexity index is 1110. The number of halogens is 3. The molecule has 8 nitrogen and oxygen atoms in total. The van der Waals surface area contributed by atoms with Gasteiger partial charge in [0.05, 0.1) is 23.3 Å². The summed E-state index contributed by atoms with van der Waals surface area (Å²) < 4.78 is 72.0. The minimum absolute atomic E-state index is 0.126. The van der Waals surface area contributed by atoms with E-state index in [-0.39, 0.29) is 24.6 Å². The topological polar surface area (TPSA) is 94.5 Å². The highest BCUT2D eigenvalue weighted by Crippen LogP contribution is 2.26. The molecular formula is C21H21F3N2O6S. The minimum atomic E-state index is -4.85. The SMILES string of the molecule is COC(=O)c1cccc(CON=C2CCN(S(=O)(=O)c3ccc(OC(F)(F)F)cc3)CC2)c1. The van der Waals surface area contributed by atoms with Crippen molar-refractivity contribution in [2.75, 3.05) is 20.2 Å². The molecule has 12 heteroatoms. The molecule has 2 aromatic carbocycles. The number of methoxy groups -OCH3 is 1. The molecule has 33 heavy (non-hydrogen) atoms. The molecule has 0 saturated carbocycles. The van der Waals surface area contributed by atoms with Crippen molar-refractivity contribution in [3.05, 3.63) is 59.7 Å². The molecular weight excluding hydrogens is 465 g/mol. The molecule has 1 saturated heterocycles. The molecule has 3 rings (SSSR count). The Morgan fingerprint density at radius 3 is 2.36 bits per heavy atom. The molecule has 0 amide bonds. The van der Waals surface area contributed by atoms with Crippen LogP contribution in [0.25, 0.3) is 0 Å². The second-order valence-corrected chi connectivity index (χ2v) is 8.98. The Morgan fingerprint density at radius 1 is 1.09 bits per heavy atom. The van der Waals surface area contributed by atoms with E-state index in [4.69, 9.17) is 4.84 Å². The number of hydrogen-bond donors (Lipinski definition) is 0. The number of sulfonamides is 1. The molecule has 0 atom stereocenters. The molecule has 178 valence electrons. The highest BCUT2D eigenvalue weighted by Gasteiger charge is 2.32. The third-order valence-corrected chi connectivity index (χ3v) is 6.68. The molecule has 1 fully saturated rings. The standard InChI is InChI=1S/C21H21F3N2O6S/c1-30-20(27)16-4-2-3-15(13-16)14-31-25-17-9-11-26(12-10-17)33(28,29)19-7-5-18(6-8-19)32-21(22,23)24/h2-8,13H,9-12,14H2,1H3. The van der Waals surface area contributed by atoms with Crippen molar-refractivity contribution in [3.63, 3.8) is 0 Å². The van der Waals surface area contributed by atoms with E-state index in [0.29, 0.717) is 24.1 Å². The molecule has 0 N–H and O–H groups in total. The van der Waals surface area contributed by atoms with Crippen molar-refractivity contribution >= 4 is 21.7 Å². The fourth-order valence-corrected chi connectivity index (χ4v) is 4.58. The molecule has 1 aliphatic heterocycles. The number of benzene rings is 2. The number of rotatable bonds is 7. The van der Waals surface area contributed by atoms with E-state index >= 15 is 0 Å². The van der Waals surface area contributed by atoms with Crippen LogP contribution in [0.1, 0.15) is 28.8 Å². The quantitative estimate of drug-likeness (QED) is 0.437. The van der Waals surface area contributed by atoms with Crippen molar-refractivity contribution in [2.45, 2.75) is 30.7 Å². The first-order chi connectivity index (χ1) is 15.6. The number of piperidine rings is 1. The van der Waals surface area contributed by atoms with Gasteiger partial charge in [-0.15, -0.1) is 13.2 Å². The summed E-state index contributed by atoms with van der Waals surface area (Å²) in [5.41, 5.74) is 1.79. The van der Waals surface area contributed by atoms with Crippen LogP contribution in [0.15, 0.2) is 58.6 Å². The van der Waals surface area contributed by atoms with Gasteiger partial charge in [0.2, 0.25) is 10.0 Å². The molecule has 0 radical (unpaired) electrons. The lowest BCUT2D eigenvalue weighted by atomic mass is 10.1. The lowest BCUT2D eigenvalue weighted by Crippen LogP contribution is -2.38. The van der Waals surface area contributed by atoms with Gasteiger partial charge in [0.25, 0.3) is 0 Å². The zero-order valence-corrected chi connectivity index (χ0v) is 18.4. The maximum absolute atomic E-state index is 12.8. The molecule has 0 aromatic heterocycles. The first-order valence-electron chi connectivity index (χ1n) is 9.79. The highest BCUT2D eigenvalue weighted by molar-refractivity contribution is 7.89. The summed E-state index contributed by atoms with van der Waals surface area (Å²) in [6.45, 7) is 0.439. The maximum atomic E-state index is 12.8. The Labute approximate surface area is 188 Å². The van der Waals surface area contributed by atoms with Gasteiger partial charge in [0, 0.05) is 25.9 Å². The Morgan fingerprint density at radius 2 is 1.76 bits per heavy atom. The first kappa shape index (κ1) is 24.5. The number of carbonyl (C=O) groups is 1. The summed E-state index contributed by atoms with van der Waals surface area (Å²) in [5, 5.41) is 4.06. The van der Waals surface area contributed by atoms with E-state index in [1.54, 1.807) is 24.3 Å². The van der Waals surface area contributed by atoms with E-state index in [9.17, 15) is 26.4 Å². The van der Waals surface area contributed by atoms with Crippen molar-refractivity contribution < 1.29 is 40.7 Å². The Balaban J connectivity index is 1.54. The summed E-state index contributed by atoms with van der Waals surface area (Å²) in [4.78, 5) is 16.8. The van der Waals surface area contributed by atoms with Crippen LogP contribution < -0.4 is 4.74 Å². The van der Waals surface area contributed by atoms with Gasteiger partial charge in [-0.3, -0.25) is 0 Å². The Hall–Kier alpha value is -3.12. The molecule has 1 aliphatic rings. The van der Waals surface area contributed by atoms with Crippen molar-refractivity contribution in [3.8, 4) is 5.75 Å². The molecule has 1 heterocycles. The summed E-state index contributed by atoms with van der Waals surface area (Å²) >= 11 is 0. The van der Waals surface area contributed by atoms with Gasteiger partial charge in [0.15, 0.2) is 0 Å². The number of hydrogen-bond acceptors (Lipinski definition) is 7. The van der Waals surface area contributed by atoms with Gasteiger partial charge < -0.3 is 14.3 Å². The van der Waals surface area contributed by atoms with Gasteiger partial charge >= 0.3 is 12.3 Å². The second kappa shape index (κ2) is 10.2. The van der Waals surface area contributed by atoms with Crippen LogP contribution in [0, 0.1) is 0 Å². The summed E-state index contributed by atoms with van der Waals surface area (Å²) in [6.07, 6.45) is -4.16. The van der Waals surface area contributed by atoms with Crippen LogP contribution in [-0.2, 0) is 26.2 Å². The highest BCUT2D eigenvalue weighted by atomic mass is 32.2. The van der Waals surface area contributed by atoms with Crippen LogP contribution in [0.4, 0.5) is 13.2 Å². The molecule has 0 aliphatic carbocycles. The van der Waals surface area contributed by atoms with Gasteiger partial charge in [0.1, 0.15) is 12.4 Å². The fraction of sp³-hybridized carbons (Fsp3) is 0.333. The molecule has 2 aromatic rings. The summed E-state index contributed by atoms with van der Waals surface area (Å²) in [7, 11) is -2.57. The normalized spacial score (nSPS) is 15.1.